The van der Waals surface area contributed by atoms with E-state index in [2.05, 4.69) is 92.7 Å². The first kappa shape index (κ1) is 60.0. The van der Waals surface area contributed by atoms with Gasteiger partial charge in [0.05, 0.1) is 22.3 Å². The summed E-state index contributed by atoms with van der Waals surface area (Å²) < 4.78 is 108. The zero-order valence-corrected chi connectivity index (χ0v) is 42.1. The predicted molar refractivity (Wildman–Crippen MR) is 262 cm³/mol. The zero-order chi connectivity index (χ0) is 54.1. The fourth-order valence-electron chi connectivity index (χ4n) is 5.99. The molecular formula is C56H59F9N6. The Morgan fingerprint density at radius 2 is 0.901 bits per heavy atom. The minimum Gasteiger partial charge on any atom is -0.261 e. The summed E-state index contributed by atoms with van der Waals surface area (Å²) >= 11 is 0. The molecule has 3 heterocycles. The molecule has 6 nitrogen and oxygen atoms in total. The number of pyridine rings is 2. The fourth-order valence-corrected chi connectivity index (χ4v) is 5.99. The molecule has 0 unspecified atom stereocenters. The number of rotatable bonds is 0. The van der Waals surface area contributed by atoms with Crippen molar-refractivity contribution in [3.63, 3.8) is 0 Å². The highest BCUT2D eigenvalue weighted by molar-refractivity contribution is 5.86. The Morgan fingerprint density at radius 3 is 1.31 bits per heavy atom. The third-order valence-electron chi connectivity index (χ3n) is 9.81. The molecular weight excluding hydrogens is 928 g/mol. The van der Waals surface area contributed by atoms with Gasteiger partial charge in [0.25, 0.3) is 0 Å². The van der Waals surface area contributed by atoms with Crippen molar-refractivity contribution in [1.29, 1.82) is 10.5 Å². The molecule has 0 saturated heterocycles. The van der Waals surface area contributed by atoms with Gasteiger partial charge < -0.3 is 0 Å². The van der Waals surface area contributed by atoms with E-state index < -0.39 is 35.3 Å². The average molecular weight is 987 g/mol. The molecule has 0 radical (unpaired) electrons. The lowest BCUT2D eigenvalue weighted by molar-refractivity contribution is -0.141. The minimum atomic E-state index is -4.33. The molecule has 0 bridgehead atoms. The topological polar surface area (TPSA) is 99.1 Å². The summed E-state index contributed by atoms with van der Waals surface area (Å²) in [6.45, 7) is 25.5. The van der Waals surface area contributed by atoms with E-state index in [0.717, 1.165) is 57.6 Å². The van der Waals surface area contributed by atoms with Gasteiger partial charge in [0.2, 0.25) is 0 Å². The van der Waals surface area contributed by atoms with Crippen LogP contribution in [0, 0.1) is 71.1 Å². The second kappa shape index (κ2) is 25.6. The number of nitriles is 2. The smallest absolute Gasteiger partial charge is 0.261 e. The van der Waals surface area contributed by atoms with Crippen LogP contribution in [0.15, 0.2) is 122 Å². The Hall–Kier alpha value is -7.13. The molecule has 0 spiro atoms. The number of halogens is 9. The number of aryl methyl sites for hydroxylation is 7. The highest BCUT2D eigenvalue weighted by Gasteiger charge is 2.33. The Labute approximate surface area is 411 Å². The molecule has 0 aliphatic rings. The largest absolute Gasteiger partial charge is 0.433 e. The predicted octanol–water partition coefficient (Wildman–Crippen LogP) is 16.4. The molecule has 0 atom stereocenters. The summed E-state index contributed by atoms with van der Waals surface area (Å²) in [5.41, 5.74) is 6.16. The van der Waals surface area contributed by atoms with Crippen LogP contribution < -0.4 is 0 Å². The lowest BCUT2D eigenvalue weighted by Crippen LogP contribution is -2.15. The summed E-state index contributed by atoms with van der Waals surface area (Å²) in [6.07, 6.45) is -6.59. The van der Waals surface area contributed by atoms with E-state index >= 15 is 0 Å². The molecule has 0 fully saturated rings. The van der Waals surface area contributed by atoms with Crippen LogP contribution >= 0.6 is 0 Å². The molecule has 0 N–H and O–H groups in total. The van der Waals surface area contributed by atoms with E-state index in [1.165, 1.54) is 42.6 Å². The lowest BCUT2D eigenvalue weighted by Gasteiger charge is -2.18. The van der Waals surface area contributed by atoms with Crippen LogP contribution in [-0.4, -0.2) is 19.9 Å². The Balaban J connectivity index is 0.000000293. The molecule has 0 aliphatic heterocycles. The first-order valence-corrected chi connectivity index (χ1v) is 22.0. The van der Waals surface area contributed by atoms with Crippen molar-refractivity contribution < 1.29 is 39.5 Å². The third-order valence-corrected chi connectivity index (χ3v) is 9.81. The Morgan fingerprint density at radius 1 is 0.408 bits per heavy atom. The molecule has 71 heavy (non-hydrogen) atoms. The van der Waals surface area contributed by atoms with Crippen LogP contribution in [0.1, 0.15) is 120 Å². The first-order valence-electron chi connectivity index (χ1n) is 22.0. The van der Waals surface area contributed by atoms with Gasteiger partial charge in [0.1, 0.15) is 23.7 Å². The second-order valence-corrected chi connectivity index (χ2v) is 18.6. The summed E-state index contributed by atoms with van der Waals surface area (Å²) in [7, 11) is 0. The van der Waals surface area contributed by atoms with E-state index in [1.54, 1.807) is 39.0 Å². The normalized spacial score (nSPS) is 11.2. The molecule has 15 heteroatoms. The van der Waals surface area contributed by atoms with Crippen LogP contribution in [0.25, 0.3) is 10.8 Å². The summed E-state index contributed by atoms with van der Waals surface area (Å²) in [5, 5.41) is 19.7. The van der Waals surface area contributed by atoms with Gasteiger partial charge in [-0.25, -0.2) is 9.97 Å². The summed E-state index contributed by atoms with van der Waals surface area (Å²) in [4.78, 5) is 15.2. The molecule has 3 aromatic heterocycles. The molecule has 376 valence electrons. The van der Waals surface area contributed by atoms with Gasteiger partial charge in [0, 0.05) is 35.9 Å². The highest BCUT2D eigenvalue weighted by Crippen LogP contribution is 2.32. The Bertz CT molecular complexity index is 2710. The molecule has 7 aromatic rings. The quantitative estimate of drug-likeness (QED) is 0.140. The number of benzene rings is 4. The maximum Gasteiger partial charge on any atom is 0.433 e. The molecule has 0 aliphatic carbocycles. The number of alkyl halides is 9. The number of fused-ring (bicyclic) bond motifs is 1. The first-order chi connectivity index (χ1) is 32.6. The van der Waals surface area contributed by atoms with Crippen molar-refractivity contribution in [3.05, 3.63) is 200 Å². The molecule has 4 aromatic carbocycles. The van der Waals surface area contributed by atoms with E-state index in [4.69, 9.17) is 10.5 Å². The monoisotopic (exact) mass is 986 g/mol. The van der Waals surface area contributed by atoms with Gasteiger partial charge in [-0.1, -0.05) is 118 Å². The van der Waals surface area contributed by atoms with Crippen molar-refractivity contribution in [2.24, 2.45) is 0 Å². The van der Waals surface area contributed by atoms with E-state index in [9.17, 15) is 39.5 Å². The minimum absolute atomic E-state index is 0.0139. The maximum absolute atomic E-state index is 12.1. The standard InChI is InChI=1S/C13H8N2.C11H16.C9H9F3.C9H14N2.2C7H6F3N/c1-9-2-3-10-5-12(7-14)13(8-15)6-11(10)4-9;1-9-5-7-10(8-6-9)11(2,3)4;1-6-3-7(2)5-8(4-6)9(10,11)12;1-7-5-10-8(11-6-7)9(2,3)4;1-5-2-3-6(11-4-5)7(8,9)10;1-5-6(7(8,9)10)3-2-4-11-5/h2-6H,1H3;5-8H,1-4H3;3-5H,1-2H3;5-6H,1-4H3;2*2-4H,1H3. The fraction of sp³-hybridized carbons (Fsp3) is 0.321. The summed E-state index contributed by atoms with van der Waals surface area (Å²) in [6, 6.07) is 31.0. The van der Waals surface area contributed by atoms with E-state index in [0.29, 0.717) is 22.3 Å². The van der Waals surface area contributed by atoms with Gasteiger partial charge >= 0.3 is 18.5 Å². The number of aromatic nitrogens is 4. The van der Waals surface area contributed by atoms with E-state index in [1.807, 2.05) is 56.6 Å². The van der Waals surface area contributed by atoms with Crippen molar-refractivity contribution >= 4 is 10.8 Å². The van der Waals surface area contributed by atoms with Crippen LogP contribution in [0.3, 0.4) is 0 Å². The van der Waals surface area contributed by atoms with Gasteiger partial charge in [-0.3, -0.25) is 9.97 Å². The van der Waals surface area contributed by atoms with Crippen molar-refractivity contribution in [1.82, 2.24) is 19.9 Å². The number of hydrogen-bond acceptors (Lipinski definition) is 6. The van der Waals surface area contributed by atoms with Crippen molar-refractivity contribution in [2.45, 2.75) is 119 Å². The van der Waals surface area contributed by atoms with Crippen LogP contribution in [0.2, 0.25) is 0 Å². The number of nitrogens with zero attached hydrogens (tertiary/aromatic N) is 6. The summed E-state index contributed by atoms with van der Waals surface area (Å²) in [5.74, 6) is 0.906. The van der Waals surface area contributed by atoms with E-state index in [-0.39, 0.29) is 16.5 Å². The van der Waals surface area contributed by atoms with Crippen LogP contribution in [0.5, 0.6) is 0 Å². The van der Waals surface area contributed by atoms with Gasteiger partial charge in [0.15, 0.2) is 0 Å². The van der Waals surface area contributed by atoms with Crippen molar-refractivity contribution in [3.8, 4) is 12.1 Å². The maximum atomic E-state index is 12.1. The third kappa shape index (κ3) is 21.2. The molecule has 0 saturated carbocycles. The Kier molecular flexibility index (Phi) is 21.7. The van der Waals surface area contributed by atoms with Gasteiger partial charge in [-0.05, 0) is 124 Å². The molecule has 0 amide bonds. The second-order valence-electron chi connectivity index (χ2n) is 18.6. The van der Waals surface area contributed by atoms with Crippen molar-refractivity contribution in [2.75, 3.05) is 0 Å². The van der Waals surface area contributed by atoms with Gasteiger partial charge in [-0.15, -0.1) is 0 Å². The number of hydrogen-bond donors (Lipinski definition) is 0. The van der Waals surface area contributed by atoms with Crippen LogP contribution in [-0.2, 0) is 29.4 Å². The highest BCUT2D eigenvalue weighted by atomic mass is 19.4. The lowest BCUT2D eigenvalue weighted by atomic mass is 9.87. The average Bonchev–Trinajstić information content (AvgIpc) is 3.26. The SMILES string of the molecule is Cc1cc(C)cc(C(F)(F)F)c1.Cc1ccc(C(C)(C)C)cc1.Cc1ccc(C(F)(F)F)nc1.Cc1ccc2cc(C#N)c(C#N)cc2c1.Cc1cnc(C(C)(C)C)nc1.Cc1ncccc1C(F)(F)F. The zero-order valence-electron chi connectivity index (χ0n) is 42.1. The van der Waals surface area contributed by atoms with Gasteiger partial charge in [-0.2, -0.15) is 50.0 Å². The molecule has 7 rings (SSSR count). The van der Waals surface area contributed by atoms with Crippen LogP contribution in [0.4, 0.5) is 39.5 Å².